The summed E-state index contributed by atoms with van der Waals surface area (Å²) >= 11 is 6.09. The van der Waals surface area contributed by atoms with Crippen molar-refractivity contribution in [2.24, 2.45) is 23.5 Å². The van der Waals surface area contributed by atoms with Crippen molar-refractivity contribution in [3.63, 3.8) is 0 Å². The highest BCUT2D eigenvalue weighted by atomic mass is 35.5. The fourth-order valence-corrected chi connectivity index (χ4v) is 4.55. The van der Waals surface area contributed by atoms with Gasteiger partial charge in [0.05, 0.1) is 5.54 Å². The second kappa shape index (κ2) is 6.45. The number of halogens is 1. The van der Waals surface area contributed by atoms with Crippen LogP contribution in [0.15, 0.2) is 24.3 Å². The van der Waals surface area contributed by atoms with Crippen molar-refractivity contribution in [1.82, 2.24) is 5.32 Å². The Labute approximate surface area is 144 Å². The number of nitrogens with two attached hydrogens (primary N) is 1. The van der Waals surface area contributed by atoms with Crippen LogP contribution in [0.4, 0.5) is 0 Å². The van der Waals surface area contributed by atoms with Gasteiger partial charge in [0, 0.05) is 17.0 Å². The van der Waals surface area contributed by atoms with Crippen LogP contribution in [0.25, 0.3) is 0 Å². The number of hydrogen-bond acceptors (Lipinski definition) is 2. The van der Waals surface area contributed by atoms with E-state index in [2.05, 4.69) is 5.32 Å². The maximum atomic E-state index is 12.8. The van der Waals surface area contributed by atoms with Gasteiger partial charge in [-0.1, -0.05) is 30.2 Å². The van der Waals surface area contributed by atoms with E-state index in [0.29, 0.717) is 22.9 Å². The number of carbonyl (C=O) groups is 1. The molecule has 1 aromatic rings. The zero-order chi connectivity index (χ0) is 16.6. The molecular weight excluding hydrogens is 308 g/mol. The van der Waals surface area contributed by atoms with Crippen molar-refractivity contribution < 1.29 is 4.79 Å². The predicted octanol–water partition coefficient (Wildman–Crippen LogP) is 3.84. The minimum Gasteiger partial charge on any atom is -0.347 e. The number of fused-ring (bicyclic) bond motifs is 2. The van der Waals surface area contributed by atoms with Gasteiger partial charge in [0.1, 0.15) is 0 Å². The molecule has 1 amide bonds. The quantitative estimate of drug-likeness (QED) is 0.882. The molecule has 23 heavy (non-hydrogen) atoms. The van der Waals surface area contributed by atoms with Crippen LogP contribution < -0.4 is 11.1 Å². The molecule has 0 heterocycles. The van der Waals surface area contributed by atoms with E-state index in [4.69, 9.17) is 17.3 Å². The molecule has 2 fully saturated rings. The molecule has 2 saturated carbocycles. The fourth-order valence-electron chi connectivity index (χ4n) is 4.36. The Hall–Kier alpha value is -1.06. The van der Waals surface area contributed by atoms with Crippen molar-refractivity contribution in [2.45, 2.75) is 57.5 Å². The lowest BCUT2D eigenvalue weighted by atomic mass is 9.65. The largest absolute Gasteiger partial charge is 0.347 e. The van der Waals surface area contributed by atoms with Gasteiger partial charge in [0.2, 0.25) is 5.91 Å². The maximum Gasteiger partial charge on any atom is 0.223 e. The maximum absolute atomic E-state index is 12.8. The van der Waals surface area contributed by atoms with Crippen LogP contribution in [0, 0.1) is 17.8 Å². The highest BCUT2D eigenvalue weighted by Crippen LogP contribution is 2.42. The molecule has 3 rings (SSSR count). The third-order valence-corrected chi connectivity index (χ3v) is 6.00. The first-order valence-electron chi connectivity index (χ1n) is 8.70. The molecule has 2 aliphatic rings. The van der Waals surface area contributed by atoms with Gasteiger partial charge in [-0.3, -0.25) is 4.79 Å². The number of amides is 1. The lowest BCUT2D eigenvalue weighted by molar-refractivity contribution is -0.129. The van der Waals surface area contributed by atoms with Gasteiger partial charge in [-0.15, -0.1) is 0 Å². The van der Waals surface area contributed by atoms with Crippen molar-refractivity contribution >= 4 is 17.5 Å². The first-order chi connectivity index (χ1) is 10.9. The Bertz CT molecular complexity index is 572. The number of benzene rings is 1. The van der Waals surface area contributed by atoms with Crippen LogP contribution in [0.1, 0.15) is 51.5 Å². The average molecular weight is 335 g/mol. The van der Waals surface area contributed by atoms with Crippen molar-refractivity contribution in [3.05, 3.63) is 34.9 Å². The molecule has 126 valence electrons. The standard InChI is InChI=1S/C19H27ClN2O/c1-19(2,15-7-4-8-16(20)11-15)22-18(23)14-9-12-5-3-6-13(10-14)17(12)21/h4,7-8,11-14,17H,3,5-6,9-10,21H2,1-2H3,(H,22,23). The first kappa shape index (κ1) is 16.8. The Morgan fingerprint density at radius 3 is 2.52 bits per heavy atom. The summed E-state index contributed by atoms with van der Waals surface area (Å²) in [6.07, 6.45) is 5.51. The summed E-state index contributed by atoms with van der Waals surface area (Å²) < 4.78 is 0. The average Bonchev–Trinajstić information content (AvgIpc) is 2.46. The van der Waals surface area contributed by atoms with Gasteiger partial charge in [0.25, 0.3) is 0 Å². The van der Waals surface area contributed by atoms with Gasteiger partial charge < -0.3 is 11.1 Å². The van der Waals surface area contributed by atoms with Crippen LogP contribution in [0.2, 0.25) is 5.02 Å². The van der Waals surface area contributed by atoms with Gasteiger partial charge in [-0.05, 0) is 69.1 Å². The van der Waals surface area contributed by atoms with E-state index in [9.17, 15) is 4.79 Å². The van der Waals surface area contributed by atoms with Crippen LogP contribution in [-0.2, 0) is 10.3 Å². The smallest absolute Gasteiger partial charge is 0.223 e. The topological polar surface area (TPSA) is 55.1 Å². The van der Waals surface area contributed by atoms with Gasteiger partial charge in [-0.2, -0.15) is 0 Å². The molecule has 3 nitrogen and oxygen atoms in total. The van der Waals surface area contributed by atoms with E-state index in [1.54, 1.807) is 0 Å². The molecule has 2 atom stereocenters. The van der Waals surface area contributed by atoms with Crippen molar-refractivity contribution in [2.75, 3.05) is 0 Å². The van der Waals surface area contributed by atoms with Crippen LogP contribution in [0.5, 0.6) is 0 Å². The Kier molecular flexibility index (Phi) is 4.70. The second-order valence-electron chi connectivity index (χ2n) is 7.82. The summed E-state index contributed by atoms with van der Waals surface area (Å²) in [5.74, 6) is 1.31. The minimum atomic E-state index is -0.420. The molecule has 0 aromatic heterocycles. The highest BCUT2D eigenvalue weighted by molar-refractivity contribution is 6.30. The Morgan fingerprint density at radius 2 is 1.91 bits per heavy atom. The lowest BCUT2D eigenvalue weighted by Gasteiger charge is -2.44. The summed E-state index contributed by atoms with van der Waals surface area (Å²) in [5, 5.41) is 3.93. The Balaban J connectivity index is 1.69. The molecule has 2 aliphatic carbocycles. The zero-order valence-electron chi connectivity index (χ0n) is 14.0. The molecule has 0 saturated heterocycles. The third kappa shape index (κ3) is 3.56. The molecule has 3 N–H and O–H groups in total. The molecule has 0 spiro atoms. The minimum absolute atomic E-state index is 0.101. The zero-order valence-corrected chi connectivity index (χ0v) is 14.8. The summed E-state index contributed by atoms with van der Waals surface area (Å²) in [7, 11) is 0. The van der Waals surface area contributed by atoms with Gasteiger partial charge in [0.15, 0.2) is 0 Å². The molecule has 2 unspecified atom stereocenters. The van der Waals surface area contributed by atoms with Gasteiger partial charge >= 0.3 is 0 Å². The van der Waals surface area contributed by atoms with Crippen LogP contribution >= 0.6 is 11.6 Å². The number of carbonyl (C=O) groups excluding carboxylic acids is 1. The lowest BCUT2D eigenvalue weighted by Crippen LogP contribution is -2.51. The number of rotatable bonds is 3. The highest BCUT2D eigenvalue weighted by Gasteiger charge is 2.41. The van der Waals surface area contributed by atoms with E-state index < -0.39 is 5.54 Å². The molecular formula is C19H27ClN2O. The third-order valence-electron chi connectivity index (χ3n) is 5.77. The van der Waals surface area contributed by atoms with E-state index in [0.717, 1.165) is 18.4 Å². The monoisotopic (exact) mass is 334 g/mol. The van der Waals surface area contributed by atoms with Gasteiger partial charge in [-0.25, -0.2) is 0 Å². The van der Waals surface area contributed by atoms with Crippen molar-refractivity contribution in [1.29, 1.82) is 0 Å². The van der Waals surface area contributed by atoms with E-state index in [-0.39, 0.29) is 11.8 Å². The summed E-state index contributed by atoms with van der Waals surface area (Å²) in [6.45, 7) is 4.07. The van der Waals surface area contributed by atoms with E-state index in [1.165, 1.54) is 19.3 Å². The van der Waals surface area contributed by atoms with E-state index in [1.807, 2.05) is 38.1 Å². The molecule has 1 aromatic carbocycles. The summed E-state index contributed by atoms with van der Waals surface area (Å²) in [4.78, 5) is 12.8. The number of hydrogen-bond donors (Lipinski definition) is 2. The molecule has 0 radical (unpaired) electrons. The second-order valence-corrected chi connectivity index (χ2v) is 8.26. The van der Waals surface area contributed by atoms with E-state index >= 15 is 0 Å². The summed E-state index contributed by atoms with van der Waals surface area (Å²) in [6, 6.07) is 8.02. The fraction of sp³-hybridized carbons (Fsp3) is 0.632. The molecule has 0 aliphatic heterocycles. The SMILES string of the molecule is CC(C)(NC(=O)C1CC2CCCC(C1)C2N)c1cccc(Cl)c1. The predicted molar refractivity (Wildman–Crippen MR) is 94.2 cm³/mol. The van der Waals surface area contributed by atoms with Crippen LogP contribution in [0.3, 0.4) is 0 Å². The number of nitrogens with one attached hydrogen (secondary N) is 1. The molecule has 4 heteroatoms. The molecule has 2 bridgehead atoms. The summed E-state index contributed by atoms with van der Waals surface area (Å²) in [5.41, 5.74) is 6.95. The first-order valence-corrected chi connectivity index (χ1v) is 9.08. The Morgan fingerprint density at radius 1 is 1.26 bits per heavy atom. The van der Waals surface area contributed by atoms with Crippen LogP contribution in [-0.4, -0.2) is 11.9 Å². The normalized spacial score (nSPS) is 30.8. The van der Waals surface area contributed by atoms with Crippen molar-refractivity contribution in [3.8, 4) is 0 Å².